The van der Waals surface area contributed by atoms with Crippen molar-refractivity contribution in [1.82, 2.24) is 16.0 Å². The minimum atomic E-state index is -0.261. The third-order valence-corrected chi connectivity index (χ3v) is 5.44. The number of benzene rings is 2. The molecule has 2 unspecified atom stereocenters. The van der Waals surface area contributed by atoms with Crippen LogP contribution in [0.4, 0.5) is 15.3 Å². The predicted molar refractivity (Wildman–Crippen MR) is 116 cm³/mol. The van der Waals surface area contributed by atoms with E-state index in [1.54, 1.807) is 6.07 Å². The van der Waals surface area contributed by atoms with Gasteiger partial charge in [-0.15, -0.1) is 0 Å². The van der Waals surface area contributed by atoms with E-state index < -0.39 is 0 Å². The minimum absolute atomic E-state index is 0.111. The maximum Gasteiger partial charge on any atom is 0.319 e. The zero-order chi connectivity index (χ0) is 20.6. The lowest BCUT2D eigenvalue weighted by molar-refractivity contribution is 0.218. The molecule has 0 heterocycles. The Morgan fingerprint density at radius 3 is 2.34 bits per heavy atom. The quantitative estimate of drug-likeness (QED) is 0.577. The predicted octanol–water partition coefficient (Wildman–Crippen LogP) is 4.58. The van der Waals surface area contributed by atoms with Crippen molar-refractivity contribution in [2.75, 3.05) is 5.32 Å². The second kappa shape index (κ2) is 10.2. The molecule has 1 aliphatic carbocycles. The molecule has 0 radical (unpaired) electrons. The summed E-state index contributed by atoms with van der Waals surface area (Å²) in [5, 5.41) is 12.3. The number of anilines is 1. The molecule has 6 nitrogen and oxygen atoms in total. The highest BCUT2D eigenvalue weighted by atomic mass is 35.5. The average molecular weight is 415 g/mol. The van der Waals surface area contributed by atoms with Crippen LogP contribution in [0, 0.1) is 6.92 Å². The first-order valence-corrected chi connectivity index (χ1v) is 10.3. The van der Waals surface area contributed by atoms with Crippen molar-refractivity contribution in [3.05, 3.63) is 64.7 Å². The van der Waals surface area contributed by atoms with Gasteiger partial charge in [0, 0.05) is 17.3 Å². The largest absolute Gasteiger partial charge is 0.334 e. The highest BCUT2D eigenvalue weighted by molar-refractivity contribution is 6.31. The first kappa shape index (κ1) is 21.0. The Bertz CT molecular complexity index is 858. The normalized spacial score (nSPS) is 18.6. The lowest BCUT2D eigenvalue weighted by Gasteiger charge is -2.32. The number of hydrogen-bond acceptors (Lipinski definition) is 2. The zero-order valence-electron chi connectivity index (χ0n) is 16.5. The molecule has 29 heavy (non-hydrogen) atoms. The van der Waals surface area contributed by atoms with Gasteiger partial charge in [0.2, 0.25) is 0 Å². The van der Waals surface area contributed by atoms with Gasteiger partial charge < -0.3 is 21.3 Å². The van der Waals surface area contributed by atoms with Crippen molar-refractivity contribution in [2.45, 2.75) is 51.2 Å². The molecule has 1 fully saturated rings. The number of hydrogen-bond donors (Lipinski definition) is 4. The van der Waals surface area contributed by atoms with Crippen LogP contribution in [0.1, 0.15) is 36.8 Å². The van der Waals surface area contributed by atoms with Gasteiger partial charge in [-0.05, 0) is 49.1 Å². The number of carbonyl (C=O) groups excluding carboxylic acids is 2. The molecule has 0 aliphatic heterocycles. The van der Waals surface area contributed by atoms with Crippen molar-refractivity contribution in [1.29, 1.82) is 0 Å². The number of aryl methyl sites for hydroxylation is 1. The van der Waals surface area contributed by atoms with E-state index in [2.05, 4.69) is 21.3 Å². The first-order valence-electron chi connectivity index (χ1n) is 9.93. The Labute approximate surface area is 176 Å². The van der Waals surface area contributed by atoms with Crippen molar-refractivity contribution < 1.29 is 9.59 Å². The summed E-state index contributed by atoms with van der Waals surface area (Å²) in [4.78, 5) is 24.8. The van der Waals surface area contributed by atoms with Crippen molar-refractivity contribution >= 4 is 29.4 Å². The van der Waals surface area contributed by atoms with E-state index in [-0.39, 0.29) is 24.1 Å². The Morgan fingerprint density at radius 1 is 0.966 bits per heavy atom. The smallest absolute Gasteiger partial charge is 0.319 e. The number of halogens is 1. The van der Waals surface area contributed by atoms with Crippen LogP contribution in [0.25, 0.3) is 0 Å². The van der Waals surface area contributed by atoms with Crippen molar-refractivity contribution in [3.8, 4) is 0 Å². The molecule has 4 N–H and O–H groups in total. The second-order valence-corrected chi connectivity index (χ2v) is 7.79. The summed E-state index contributed by atoms with van der Waals surface area (Å²) in [6, 6.07) is 14.3. The van der Waals surface area contributed by atoms with Gasteiger partial charge >= 0.3 is 12.1 Å². The van der Waals surface area contributed by atoms with Gasteiger partial charge in [-0.3, -0.25) is 0 Å². The molecule has 154 valence electrons. The fourth-order valence-electron chi connectivity index (χ4n) is 3.57. The van der Waals surface area contributed by atoms with Gasteiger partial charge in [-0.25, -0.2) is 9.59 Å². The van der Waals surface area contributed by atoms with Crippen LogP contribution in [-0.2, 0) is 6.54 Å². The Balaban J connectivity index is 1.51. The maximum atomic E-state index is 12.4. The summed E-state index contributed by atoms with van der Waals surface area (Å²) < 4.78 is 0. The third-order valence-electron chi connectivity index (χ3n) is 5.07. The zero-order valence-corrected chi connectivity index (χ0v) is 17.3. The molecule has 2 aromatic carbocycles. The third kappa shape index (κ3) is 6.39. The van der Waals surface area contributed by atoms with Crippen LogP contribution in [0.2, 0.25) is 5.02 Å². The molecule has 1 aliphatic rings. The summed E-state index contributed by atoms with van der Waals surface area (Å²) in [7, 11) is 0. The van der Waals surface area contributed by atoms with E-state index in [0.29, 0.717) is 11.6 Å². The highest BCUT2D eigenvalue weighted by Gasteiger charge is 2.27. The van der Waals surface area contributed by atoms with Crippen LogP contribution in [0.5, 0.6) is 0 Å². The molecule has 2 atom stereocenters. The molecule has 0 saturated heterocycles. The van der Waals surface area contributed by atoms with Crippen LogP contribution in [0.15, 0.2) is 48.5 Å². The van der Waals surface area contributed by atoms with Crippen LogP contribution in [-0.4, -0.2) is 24.1 Å². The molecule has 3 rings (SSSR count). The maximum absolute atomic E-state index is 12.4. The van der Waals surface area contributed by atoms with Crippen LogP contribution < -0.4 is 21.3 Å². The summed E-state index contributed by atoms with van der Waals surface area (Å²) in [5.74, 6) is 0. The lowest BCUT2D eigenvalue weighted by Crippen LogP contribution is -2.55. The van der Waals surface area contributed by atoms with Gasteiger partial charge in [0.15, 0.2) is 0 Å². The molecule has 7 heteroatoms. The fourth-order valence-corrected chi connectivity index (χ4v) is 3.77. The summed E-state index contributed by atoms with van der Waals surface area (Å²) in [5.41, 5.74) is 2.69. The molecule has 0 bridgehead atoms. The molecule has 1 saturated carbocycles. The molecule has 0 spiro atoms. The molecule has 4 amide bonds. The molecular formula is C22H27ClN4O2. The Morgan fingerprint density at radius 2 is 1.66 bits per heavy atom. The van der Waals surface area contributed by atoms with Crippen molar-refractivity contribution in [2.24, 2.45) is 0 Å². The van der Waals surface area contributed by atoms with E-state index in [1.807, 2.05) is 49.4 Å². The monoisotopic (exact) mass is 414 g/mol. The number of urea groups is 2. The first-order chi connectivity index (χ1) is 14.0. The lowest BCUT2D eigenvalue weighted by atomic mass is 9.90. The summed E-state index contributed by atoms with van der Waals surface area (Å²) in [6.45, 7) is 2.33. The second-order valence-electron chi connectivity index (χ2n) is 7.38. The number of amides is 4. The van der Waals surface area contributed by atoms with E-state index in [9.17, 15) is 9.59 Å². The Hall–Kier alpha value is -2.73. The van der Waals surface area contributed by atoms with Crippen LogP contribution in [0.3, 0.4) is 0 Å². The summed E-state index contributed by atoms with van der Waals surface area (Å²) in [6.07, 6.45) is 3.70. The minimum Gasteiger partial charge on any atom is -0.334 e. The van der Waals surface area contributed by atoms with Crippen LogP contribution >= 0.6 is 11.6 Å². The number of rotatable bonds is 5. The van der Waals surface area contributed by atoms with E-state index in [1.165, 1.54) is 0 Å². The summed E-state index contributed by atoms with van der Waals surface area (Å²) >= 11 is 6.13. The van der Waals surface area contributed by atoms with Gasteiger partial charge in [-0.1, -0.05) is 54.8 Å². The number of nitrogens with one attached hydrogen (secondary N) is 4. The number of carbonyl (C=O) groups is 2. The van der Waals surface area contributed by atoms with E-state index in [4.69, 9.17) is 11.6 Å². The fraction of sp³-hybridized carbons (Fsp3) is 0.364. The molecular weight excluding hydrogens is 388 g/mol. The van der Waals surface area contributed by atoms with Gasteiger partial charge in [0.05, 0.1) is 12.1 Å². The average Bonchev–Trinajstić information content (AvgIpc) is 2.69. The van der Waals surface area contributed by atoms with E-state index >= 15 is 0 Å². The highest BCUT2D eigenvalue weighted by Crippen LogP contribution is 2.19. The standard InChI is InChI=1S/C22H27ClN4O2/c1-15-7-6-9-17(13-15)25-22(29)27-20-12-5-4-11-19(20)26-21(28)24-14-16-8-2-3-10-18(16)23/h2-3,6-10,13,19-20H,4-5,11-12,14H2,1H3,(H2,24,26,28)(H2,25,27,29). The SMILES string of the molecule is Cc1cccc(NC(=O)NC2CCCCC2NC(=O)NCc2ccccc2Cl)c1. The molecule has 2 aromatic rings. The van der Waals surface area contributed by atoms with Crippen molar-refractivity contribution in [3.63, 3.8) is 0 Å². The van der Waals surface area contributed by atoms with Gasteiger partial charge in [0.1, 0.15) is 0 Å². The van der Waals surface area contributed by atoms with E-state index in [0.717, 1.165) is 42.5 Å². The van der Waals surface area contributed by atoms with Gasteiger partial charge in [0.25, 0.3) is 0 Å². The van der Waals surface area contributed by atoms with Gasteiger partial charge in [-0.2, -0.15) is 0 Å². The topological polar surface area (TPSA) is 82.3 Å². The Kier molecular flexibility index (Phi) is 7.36. The molecule has 0 aromatic heterocycles.